The largest absolute Gasteiger partial charge is 0.480 e. The summed E-state index contributed by atoms with van der Waals surface area (Å²) in [7, 11) is 0. The van der Waals surface area contributed by atoms with E-state index >= 15 is 0 Å². The van der Waals surface area contributed by atoms with Gasteiger partial charge in [-0.2, -0.15) is 0 Å². The molecule has 7 nitrogen and oxygen atoms in total. The third-order valence-electron chi connectivity index (χ3n) is 2.67. The van der Waals surface area contributed by atoms with E-state index in [0.717, 1.165) is 0 Å². The molecular formula is C11H18N2O5S. The molecule has 0 aliphatic carbocycles. The van der Waals surface area contributed by atoms with Crippen molar-refractivity contribution in [3.8, 4) is 0 Å². The van der Waals surface area contributed by atoms with E-state index in [2.05, 4.69) is 5.32 Å². The van der Waals surface area contributed by atoms with Crippen molar-refractivity contribution < 1.29 is 24.2 Å². The van der Waals surface area contributed by atoms with Crippen LogP contribution < -0.4 is 5.32 Å². The van der Waals surface area contributed by atoms with Crippen LogP contribution in [0.3, 0.4) is 0 Å². The summed E-state index contributed by atoms with van der Waals surface area (Å²) < 4.78 is 5.34. The highest BCUT2D eigenvalue weighted by Gasteiger charge is 2.22. The molecule has 1 aliphatic rings. The normalized spacial score (nSPS) is 20.7. The van der Waals surface area contributed by atoms with E-state index in [9.17, 15) is 14.4 Å². The Balaban J connectivity index is 2.29. The first-order chi connectivity index (χ1) is 9.04. The number of carbonyl (C=O) groups is 3. The van der Waals surface area contributed by atoms with Crippen LogP contribution in [0.5, 0.6) is 0 Å². The number of morpholine rings is 1. The number of carboxylic acids is 1. The van der Waals surface area contributed by atoms with Gasteiger partial charge in [0, 0.05) is 18.8 Å². The molecule has 1 aliphatic heterocycles. The van der Waals surface area contributed by atoms with Crippen LogP contribution in [0.1, 0.15) is 6.92 Å². The maximum absolute atomic E-state index is 11.9. The first-order valence-electron chi connectivity index (χ1n) is 5.94. The summed E-state index contributed by atoms with van der Waals surface area (Å²) in [5.41, 5.74) is 0. The zero-order valence-electron chi connectivity index (χ0n) is 10.7. The number of hydrogen-bond donors (Lipinski definition) is 2. The van der Waals surface area contributed by atoms with Gasteiger partial charge in [-0.15, -0.1) is 11.8 Å². The number of carboxylic acid groups (broad SMARTS) is 1. The van der Waals surface area contributed by atoms with Crippen LogP contribution in [0.25, 0.3) is 0 Å². The number of amides is 2. The molecule has 2 unspecified atom stereocenters. The van der Waals surface area contributed by atoms with Gasteiger partial charge in [-0.1, -0.05) is 0 Å². The quantitative estimate of drug-likeness (QED) is 0.594. The maximum Gasteiger partial charge on any atom is 0.327 e. The van der Waals surface area contributed by atoms with Gasteiger partial charge in [-0.05, 0) is 6.92 Å². The van der Waals surface area contributed by atoms with E-state index in [0.29, 0.717) is 26.1 Å². The van der Waals surface area contributed by atoms with E-state index in [4.69, 9.17) is 9.84 Å². The predicted molar refractivity (Wildman–Crippen MR) is 69.9 cm³/mol. The van der Waals surface area contributed by atoms with E-state index in [1.807, 2.05) is 6.92 Å². The Morgan fingerprint density at radius 3 is 2.95 bits per heavy atom. The van der Waals surface area contributed by atoms with Crippen LogP contribution in [0.4, 0.5) is 0 Å². The van der Waals surface area contributed by atoms with Gasteiger partial charge in [0.1, 0.15) is 6.04 Å². The average Bonchev–Trinajstić information content (AvgIpc) is 2.37. The van der Waals surface area contributed by atoms with E-state index in [1.54, 1.807) is 4.90 Å². The molecule has 2 amide bonds. The van der Waals surface area contributed by atoms with Crippen molar-refractivity contribution in [1.29, 1.82) is 0 Å². The standard InChI is InChI=1S/C11H18N2O5S/c1-8-4-13(2-3-18-8)10(15)6-19-5-9(11(16)17)12-7-14/h7-9H,2-6H2,1H3,(H,12,14)(H,16,17). The fourth-order valence-corrected chi connectivity index (χ4v) is 2.62. The summed E-state index contributed by atoms with van der Waals surface area (Å²) in [5, 5.41) is 11.0. The molecule has 0 spiro atoms. The molecule has 1 rings (SSSR count). The van der Waals surface area contributed by atoms with Crippen molar-refractivity contribution in [2.24, 2.45) is 0 Å². The van der Waals surface area contributed by atoms with Crippen molar-refractivity contribution in [3.05, 3.63) is 0 Å². The second-order valence-electron chi connectivity index (χ2n) is 4.21. The molecule has 2 atom stereocenters. The topological polar surface area (TPSA) is 95.9 Å². The van der Waals surface area contributed by atoms with Gasteiger partial charge in [-0.25, -0.2) is 4.79 Å². The lowest BCUT2D eigenvalue weighted by atomic mass is 10.3. The number of nitrogens with zero attached hydrogens (tertiary/aromatic N) is 1. The van der Waals surface area contributed by atoms with Crippen LogP contribution in [0, 0.1) is 0 Å². The monoisotopic (exact) mass is 290 g/mol. The number of ether oxygens (including phenoxy) is 1. The lowest BCUT2D eigenvalue weighted by Gasteiger charge is -2.31. The SMILES string of the molecule is CC1CN(C(=O)CSCC(NC=O)C(=O)O)CCO1. The molecule has 19 heavy (non-hydrogen) atoms. The van der Waals surface area contributed by atoms with Gasteiger partial charge >= 0.3 is 5.97 Å². The molecule has 0 aromatic heterocycles. The molecule has 108 valence electrons. The Bertz CT molecular complexity index is 339. The smallest absolute Gasteiger partial charge is 0.327 e. The van der Waals surface area contributed by atoms with E-state index in [1.165, 1.54) is 11.8 Å². The molecule has 1 heterocycles. The maximum atomic E-state index is 11.9. The average molecular weight is 290 g/mol. The summed E-state index contributed by atoms with van der Waals surface area (Å²) in [4.78, 5) is 34.6. The molecule has 0 radical (unpaired) electrons. The van der Waals surface area contributed by atoms with Crippen molar-refractivity contribution in [2.75, 3.05) is 31.2 Å². The summed E-state index contributed by atoms with van der Waals surface area (Å²) in [6, 6.07) is -0.959. The number of carbonyl (C=O) groups excluding carboxylic acids is 2. The first-order valence-corrected chi connectivity index (χ1v) is 7.09. The summed E-state index contributed by atoms with van der Waals surface area (Å²) in [5.74, 6) is -0.765. The van der Waals surface area contributed by atoms with Gasteiger partial charge in [0.2, 0.25) is 12.3 Å². The Kier molecular flexibility index (Phi) is 6.65. The molecular weight excluding hydrogens is 272 g/mol. The Labute approximate surface area is 115 Å². The van der Waals surface area contributed by atoms with Gasteiger partial charge in [0.15, 0.2) is 0 Å². The summed E-state index contributed by atoms with van der Waals surface area (Å²) in [6.45, 7) is 3.57. The molecule has 0 aromatic carbocycles. The molecule has 2 N–H and O–H groups in total. The molecule has 0 bridgehead atoms. The number of rotatable bonds is 7. The fraction of sp³-hybridized carbons (Fsp3) is 0.727. The highest BCUT2D eigenvalue weighted by molar-refractivity contribution is 8.00. The van der Waals surface area contributed by atoms with Crippen molar-refractivity contribution in [2.45, 2.75) is 19.1 Å². The highest BCUT2D eigenvalue weighted by Crippen LogP contribution is 2.09. The van der Waals surface area contributed by atoms with Crippen LogP contribution in [0.2, 0.25) is 0 Å². The number of aliphatic carboxylic acids is 1. The molecule has 0 aromatic rings. The Morgan fingerprint density at radius 2 is 2.37 bits per heavy atom. The van der Waals surface area contributed by atoms with Gasteiger partial charge in [0.25, 0.3) is 0 Å². The van der Waals surface area contributed by atoms with Crippen LogP contribution >= 0.6 is 11.8 Å². The van der Waals surface area contributed by atoms with Crippen molar-refractivity contribution >= 4 is 30.0 Å². The minimum Gasteiger partial charge on any atom is -0.480 e. The third kappa shape index (κ3) is 5.48. The zero-order valence-corrected chi connectivity index (χ0v) is 11.5. The summed E-state index contributed by atoms with van der Waals surface area (Å²) in [6.07, 6.45) is 0.386. The zero-order chi connectivity index (χ0) is 14.3. The van der Waals surface area contributed by atoms with Crippen LogP contribution in [-0.4, -0.2) is 71.6 Å². The van der Waals surface area contributed by atoms with Crippen molar-refractivity contribution in [1.82, 2.24) is 10.2 Å². The number of hydrogen-bond acceptors (Lipinski definition) is 5. The third-order valence-corrected chi connectivity index (χ3v) is 3.69. The van der Waals surface area contributed by atoms with Gasteiger partial charge < -0.3 is 20.1 Å². The molecule has 1 fully saturated rings. The number of nitrogens with one attached hydrogen (secondary N) is 1. The number of thioether (sulfide) groups is 1. The predicted octanol–water partition coefficient (Wildman–Crippen LogP) is -0.834. The second kappa shape index (κ2) is 8.00. The minimum atomic E-state index is -1.10. The van der Waals surface area contributed by atoms with Gasteiger partial charge in [0.05, 0.1) is 18.5 Å². The summed E-state index contributed by atoms with van der Waals surface area (Å²) >= 11 is 1.20. The molecule has 0 saturated carbocycles. The lowest BCUT2D eigenvalue weighted by Crippen LogP contribution is -2.45. The molecule has 1 saturated heterocycles. The lowest BCUT2D eigenvalue weighted by molar-refractivity contribution is -0.140. The Hall–Kier alpha value is -1.28. The highest BCUT2D eigenvalue weighted by atomic mass is 32.2. The van der Waals surface area contributed by atoms with E-state index < -0.39 is 12.0 Å². The van der Waals surface area contributed by atoms with Gasteiger partial charge in [-0.3, -0.25) is 9.59 Å². The molecule has 8 heteroatoms. The van der Waals surface area contributed by atoms with Crippen LogP contribution in [0.15, 0.2) is 0 Å². The van der Waals surface area contributed by atoms with Crippen molar-refractivity contribution in [3.63, 3.8) is 0 Å². The Morgan fingerprint density at radius 1 is 1.63 bits per heavy atom. The fourth-order valence-electron chi connectivity index (χ4n) is 1.67. The van der Waals surface area contributed by atoms with Crippen LogP contribution in [-0.2, 0) is 19.1 Å². The first kappa shape index (κ1) is 15.8. The minimum absolute atomic E-state index is 0.0320. The second-order valence-corrected chi connectivity index (χ2v) is 5.24. The van der Waals surface area contributed by atoms with E-state index in [-0.39, 0.29) is 23.5 Å².